The van der Waals surface area contributed by atoms with E-state index in [0.29, 0.717) is 11.5 Å². The summed E-state index contributed by atoms with van der Waals surface area (Å²) in [5.41, 5.74) is 2.03. The highest BCUT2D eigenvalue weighted by Crippen LogP contribution is 2.14. The fourth-order valence-corrected chi connectivity index (χ4v) is 1.97. The zero-order valence-electron chi connectivity index (χ0n) is 13.1. The van der Waals surface area contributed by atoms with E-state index in [4.69, 9.17) is 4.42 Å². The summed E-state index contributed by atoms with van der Waals surface area (Å²) in [6.45, 7) is 3.91. The second-order valence-corrected chi connectivity index (χ2v) is 5.34. The Morgan fingerprint density at radius 1 is 1.04 bits per heavy atom. The molecule has 0 radical (unpaired) electrons. The molecule has 3 N–H and O–H groups in total. The molecule has 1 aromatic carbocycles. The minimum absolute atomic E-state index is 0.0935. The van der Waals surface area contributed by atoms with Gasteiger partial charge in [0.25, 0.3) is 0 Å². The molecule has 122 valence electrons. The summed E-state index contributed by atoms with van der Waals surface area (Å²) < 4.78 is 5.25. The fourth-order valence-electron chi connectivity index (χ4n) is 1.97. The molecule has 23 heavy (non-hydrogen) atoms. The van der Waals surface area contributed by atoms with Crippen molar-refractivity contribution < 1.29 is 19.1 Å². The normalized spacial score (nSPS) is 11.8. The van der Waals surface area contributed by atoms with E-state index in [2.05, 4.69) is 10.6 Å². The summed E-state index contributed by atoms with van der Waals surface area (Å²) in [4.78, 5) is 23.4. The van der Waals surface area contributed by atoms with Crippen LogP contribution in [-0.2, 0) is 16.1 Å². The fraction of sp³-hybridized carbons (Fsp3) is 0.294. The molecule has 0 aliphatic carbocycles. The van der Waals surface area contributed by atoms with Crippen molar-refractivity contribution in [2.75, 3.05) is 6.54 Å². The Hall–Kier alpha value is -2.60. The van der Waals surface area contributed by atoms with E-state index < -0.39 is 17.9 Å². The maximum Gasteiger partial charge on any atom is 0.309 e. The van der Waals surface area contributed by atoms with Crippen LogP contribution in [0.1, 0.15) is 28.8 Å². The van der Waals surface area contributed by atoms with Gasteiger partial charge in [-0.1, -0.05) is 29.8 Å². The lowest BCUT2D eigenvalue weighted by Gasteiger charge is -2.10. The zero-order valence-corrected chi connectivity index (χ0v) is 13.1. The van der Waals surface area contributed by atoms with Gasteiger partial charge in [-0.05, 0) is 31.5 Å². The van der Waals surface area contributed by atoms with Crippen LogP contribution in [0.4, 0.5) is 0 Å². The molecule has 1 aromatic heterocycles. The van der Waals surface area contributed by atoms with E-state index in [-0.39, 0.29) is 13.1 Å². The average Bonchev–Trinajstić information content (AvgIpc) is 2.98. The third-order valence-corrected chi connectivity index (χ3v) is 3.33. The lowest BCUT2D eigenvalue weighted by molar-refractivity contribution is -0.139. The Kier molecular flexibility index (Phi) is 5.54. The Bertz CT molecular complexity index is 676. The Balaban J connectivity index is 1.76. The number of aliphatic hydroxyl groups is 1. The molecule has 1 atom stereocenters. The molecule has 0 spiro atoms. The molecule has 0 aliphatic heterocycles. The minimum Gasteiger partial charge on any atom is -0.464 e. The summed E-state index contributed by atoms with van der Waals surface area (Å²) >= 11 is 0. The maximum absolute atomic E-state index is 11.7. The third-order valence-electron chi connectivity index (χ3n) is 3.33. The first kappa shape index (κ1) is 16.8. The highest BCUT2D eigenvalue weighted by atomic mass is 16.4. The topological polar surface area (TPSA) is 91.6 Å². The number of aryl methyl sites for hydroxylation is 2. The second-order valence-electron chi connectivity index (χ2n) is 5.34. The number of hydrogen-bond donors (Lipinski definition) is 3. The van der Waals surface area contributed by atoms with Crippen molar-refractivity contribution in [3.05, 3.63) is 59.0 Å². The largest absolute Gasteiger partial charge is 0.464 e. The van der Waals surface area contributed by atoms with Gasteiger partial charge in [-0.15, -0.1) is 0 Å². The molecule has 2 aromatic rings. The van der Waals surface area contributed by atoms with E-state index in [1.165, 1.54) is 0 Å². The van der Waals surface area contributed by atoms with Crippen LogP contribution in [0.15, 0.2) is 40.8 Å². The quantitative estimate of drug-likeness (QED) is 0.726. The van der Waals surface area contributed by atoms with Crippen molar-refractivity contribution in [2.24, 2.45) is 0 Å². The molecule has 6 heteroatoms. The molecule has 2 amide bonds. The molecule has 0 saturated carbocycles. The van der Waals surface area contributed by atoms with Gasteiger partial charge in [0.1, 0.15) is 17.6 Å². The van der Waals surface area contributed by atoms with Gasteiger partial charge >= 0.3 is 11.8 Å². The number of benzene rings is 1. The minimum atomic E-state index is -0.988. The van der Waals surface area contributed by atoms with Crippen LogP contribution in [0, 0.1) is 13.8 Å². The number of nitrogens with one attached hydrogen (secondary N) is 2. The summed E-state index contributed by atoms with van der Waals surface area (Å²) in [5, 5.41) is 14.8. The van der Waals surface area contributed by atoms with Gasteiger partial charge in [0.2, 0.25) is 0 Å². The molecular formula is C17H20N2O4. The molecule has 0 fully saturated rings. The molecule has 1 heterocycles. The Morgan fingerprint density at radius 2 is 1.70 bits per heavy atom. The van der Waals surface area contributed by atoms with Crippen molar-refractivity contribution in [3.63, 3.8) is 0 Å². The maximum atomic E-state index is 11.7. The van der Waals surface area contributed by atoms with Crippen LogP contribution in [0.25, 0.3) is 0 Å². The predicted molar refractivity (Wildman–Crippen MR) is 84.4 cm³/mol. The van der Waals surface area contributed by atoms with Crippen LogP contribution < -0.4 is 10.6 Å². The summed E-state index contributed by atoms with van der Waals surface area (Å²) in [5.74, 6) is -0.517. The van der Waals surface area contributed by atoms with Crippen LogP contribution in [0.2, 0.25) is 0 Å². The number of rotatable bonds is 5. The first-order valence-corrected chi connectivity index (χ1v) is 7.31. The molecule has 2 rings (SSSR count). The molecule has 0 aliphatic rings. The van der Waals surface area contributed by atoms with Crippen molar-refractivity contribution in [2.45, 2.75) is 26.5 Å². The highest BCUT2D eigenvalue weighted by Gasteiger charge is 2.17. The number of amides is 2. The molecule has 0 saturated heterocycles. The average molecular weight is 316 g/mol. The van der Waals surface area contributed by atoms with E-state index >= 15 is 0 Å². The van der Waals surface area contributed by atoms with E-state index in [1.54, 1.807) is 19.1 Å². The van der Waals surface area contributed by atoms with Crippen molar-refractivity contribution in [1.82, 2.24) is 10.6 Å². The van der Waals surface area contributed by atoms with Crippen molar-refractivity contribution >= 4 is 11.8 Å². The number of hydrogen-bond acceptors (Lipinski definition) is 4. The van der Waals surface area contributed by atoms with Gasteiger partial charge in [0, 0.05) is 6.54 Å². The molecule has 0 bridgehead atoms. The SMILES string of the molecule is Cc1ccc(CNC(=O)C(=O)NCC(O)c2ccc(C)o2)cc1. The van der Waals surface area contributed by atoms with E-state index in [0.717, 1.165) is 11.1 Å². The van der Waals surface area contributed by atoms with Crippen LogP contribution in [0.3, 0.4) is 0 Å². The number of furan rings is 1. The monoisotopic (exact) mass is 316 g/mol. The smallest absolute Gasteiger partial charge is 0.309 e. The summed E-state index contributed by atoms with van der Waals surface area (Å²) in [6, 6.07) is 11.0. The highest BCUT2D eigenvalue weighted by molar-refractivity contribution is 6.35. The molecule has 1 unspecified atom stereocenters. The van der Waals surface area contributed by atoms with Crippen molar-refractivity contribution in [1.29, 1.82) is 0 Å². The lowest BCUT2D eigenvalue weighted by Crippen LogP contribution is -2.41. The van der Waals surface area contributed by atoms with Gasteiger partial charge in [-0.2, -0.15) is 0 Å². The van der Waals surface area contributed by atoms with Crippen molar-refractivity contribution in [3.8, 4) is 0 Å². The standard InChI is InChI=1S/C17H20N2O4/c1-11-3-6-13(7-4-11)9-18-16(21)17(22)19-10-14(20)15-8-5-12(2)23-15/h3-8,14,20H,9-10H2,1-2H3,(H,18,21)(H,19,22). The number of carbonyl (C=O) groups excluding carboxylic acids is 2. The number of aliphatic hydroxyl groups excluding tert-OH is 1. The summed E-state index contributed by atoms with van der Waals surface area (Å²) in [6.07, 6.45) is -0.988. The van der Waals surface area contributed by atoms with E-state index in [1.807, 2.05) is 31.2 Å². The molecule has 6 nitrogen and oxygen atoms in total. The zero-order chi connectivity index (χ0) is 16.8. The van der Waals surface area contributed by atoms with Gasteiger partial charge in [0.15, 0.2) is 0 Å². The van der Waals surface area contributed by atoms with Gasteiger partial charge < -0.3 is 20.2 Å². The lowest BCUT2D eigenvalue weighted by atomic mass is 10.1. The second kappa shape index (κ2) is 7.60. The van der Waals surface area contributed by atoms with E-state index in [9.17, 15) is 14.7 Å². The predicted octanol–water partition coefficient (Wildman–Crippen LogP) is 1.36. The third kappa shape index (κ3) is 4.96. The van der Waals surface area contributed by atoms with Crippen LogP contribution >= 0.6 is 0 Å². The van der Waals surface area contributed by atoms with Gasteiger partial charge in [-0.25, -0.2) is 0 Å². The first-order chi connectivity index (χ1) is 11.0. The Morgan fingerprint density at radius 3 is 2.30 bits per heavy atom. The molecular weight excluding hydrogens is 296 g/mol. The van der Waals surface area contributed by atoms with Crippen LogP contribution in [-0.4, -0.2) is 23.5 Å². The summed E-state index contributed by atoms with van der Waals surface area (Å²) in [7, 11) is 0. The van der Waals surface area contributed by atoms with Crippen LogP contribution in [0.5, 0.6) is 0 Å². The number of carbonyl (C=O) groups is 2. The Labute approximate surface area is 134 Å². The van der Waals surface area contributed by atoms with Gasteiger partial charge in [0.05, 0.1) is 6.54 Å². The van der Waals surface area contributed by atoms with Gasteiger partial charge in [-0.3, -0.25) is 9.59 Å². The first-order valence-electron chi connectivity index (χ1n) is 7.31.